The number of hydrogen-bond donors (Lipinski definition) is 3. The minimum Gasteiger partial charge on any atom is -0.481 e. The summed E-state index contributed by atoms with van der Waals surface area (Å²) >= 11 is 0. The first kappa shape index (κ1) is 22.3. The lowest BCUT2D eigenvalue weighted by molar-refractivity contribution is -0.148. The summed E-state index contributed by atoms with van der Waals surface area (Å²) in [6.45, 7) is 3.40. The van der Waals surface area contributed by atoms with Crippen molar-refractivity contribution < 1.29 is 14.3 Å². The molecule has 35 heavy (non-hydrogen) atoms. The summed E-state index contributed by atoms with van der Waals surface area (Å²) < 4.78 is 15.9. The molecule has 3 aliphatic heterocycles. The Morgan fingerprint density at radius 3 is 2.60 bits per heavy atom. The second-order valence-corrected chi connectivity index (χ2v) is 10.5. The van der Waals surface area contributed by atoms with Crippen molar-refractivity contribution in [1.29, 1.82) is 0 Å². The van der Waals surface area contributed by atoms with Gasteiger partial charge in [0, 0.05) is 38.6 Å². The Hall–Kier alpha value is -3.17. The Kier molecular flexibility index (Phi) is 5.41. The summed E-state index contributed by atoms with van der Waals surface area (Å²) in [4.78, 5) is 30.3. The van der Waals surface area contributed by atoms with Gasteiger partial charge >= 0.3 is 5.97 Å². The maximum atomic E-state index is 15.9. The molecule has 2 bridgehead atoms. The molecule has 1 saturated heterocycles. The molecule has 3 aliphatic carbocycles. The molecule has 3 atom stereocenters. The lowest BCUT2D eigenvalue weighted by Crippen LogP contribution is -2.51. The summed E-state index contributed by atoms with van der Waals surface area (Å²) in [5.41, 5.74) is 2.40. The van der Waals surface area contributed by atoms with Crippen LogP contribution in [0.5, 0.6) is 0 Å². The third-order valence-corrected chi connectivity index (χ3v) is 8.31. The first-order valence-electron chi connectivity index (χ1n) is 12.7. The van der Waals surface area contributed by atoms with Gasteiger partial charge < -0.3 is 25.5 Å². The molecule has 10 heteroatoms. The molecule has 9 nitrogen and oxygen atoms in total. The number of nitrogens with one attached hydrogen (secondary N) is 2. The van der Waals surface area contributed by atoms with Crippen molar-refractivity contribution in [2.75, 3.05) is 30.4 Å². The van der Waals surface area contributed by atoms with E-state index in [1.165, 1.54) is 0 Å². The summed E-state index contributed by atoms with van der Waals surface area (Å²) in [6, 6.07) is -0.337. The summed E-state index contributed by atoms with van der Waals surface area (Å²) in [5.74, 6) is -0.707. The Morgan fingerprint density at radius 1 is 1.17 bits per heavy atom. The van der Waals surface area contributed by atoms with Gasteiger partial charge in [-0.1, -0.05) is 0 Å². The van der Waals surface area contributed by atoms with E-state index in [0.717, 1.165) is 68.6 Å². The first-order chi connectivity index (χ1) is 16.9. The maximum absolute atomic E-state index is 15.9. The first-order valence-corrected chi connectivity index (χ1v) is 12.7. The number of carboxylic acid groups (broad SMARTS) is 1. The number of fused-ring (bicyclic) bond motifs is 4. The lowest BCUT2D eigenvalue weighted by atomic mass is 9.61. The van der Waals surface area contributed by atoms with Gasteiger partial charge in [-0.05, 0) is 57.3 Å². The number of aliphatic carboxylic acids is 1. The molecule has 1 aromatic heterocycles. The van der Waals surface area contributed by atoms with Crippen molar-refractivity contribution in [3.05, 3.63) is 29.7 Å². The number of allylic oxidation sites excluding steroid dienone is 1. The summed E-state index contributed by atoms with van der Waals surface area (Å²) in [5, 5.41) is 16.6. The zero-order valence-corrected chi connectivity index (χ0v) is 20.2. The second-order valence-electron chi connectivity index (χ2n) is 10.5. The Labute approximate surface area is 204 Å². The summed E-state index contributed by atoms with van der Waals surface area (Å²) in [7, 11) is 1.95. The monoisotopic (exact) mass is 481 g/mol. The lowest BCUT2D eigenvalue weighted by Gasteiger charge is -2.47. The number of anilines is 2. The Bertz CT molecular complexity index is 1130. The minimum atomic E-state index is -0.806. The van der Waals surface area contributed by atoms with Crippen molar-refractivity contribution in [2.45, 2.75) is 57.7 Å². The van der Waals surface area contributed by atoms with Crippen molar-refractivity contribution >= 4 is 28.9 Å². The third kappa shape index (κ3) is 3.73. The number of carboxylic acids is 1. The van der Waals surface area contributed by atoms with E-state index in [9.17, 15) is 9.90 Å². The number of hydrogen-bond acceptors (Lipinski definition) is 8. The van der Waals surface area contributed by atoms with Gasteiger partial charge in [0.15, 0.2) is 17.5 Å². The molecule has 3 N–H and O–H groups in total. The van der Waals surface area contributed by atoms with Gasteiger partial charge in [-0.3, -0.25) is 9.79 Å². The van der Waals surface area contributed by atoms with E-state index >= 15 is 4.39 Å². The highest BCUT2D eigenvalue weighted by Gasteiger charge is 2.48. The van der Waals surface area contributed by atoms with E-state index in [-0.39, 0.29) is 35.7 Å². The Balaban J connectivity index is 1.42. The predicted molar refractivity (Wildman–Crippen MR) is 131 cm³/mol. The fourth-order valence-corrected chi connectivity index (χ4v) is 6.56. The van der Waals surface area contributed by atoms with Crippen molar-refractivity contribution in [3.8, 4) is 0 Å². The molecular formula is C25H32FN7O2. The highest BCUT2D eigenvalue weighted by molar-refractivity contribution is 6.27. The van der Waals surface area contributed by atoms with Gasteiger partial charge in [-0.2, -0.15) is 4.39 Å². The van der Waals surface area contributed by atoms with Crippen LogP contribution in [-0.2, 0) is 4.79 Å². The number of carbonyl (C=O) groups is 1. The number of rotatable bonds is 5. The largest absolute Gasteiger partial charge is 0.481 e. The molecule has 1 aromatic rings. The number of aliphatic imine (C=N–C) groups is 1. The van der Waals surface area contributed by atoms with Crippen LogP contribution >= 0.6 is 0 Å². The van der Waals surface area contributed by atoms with Gasteiger partial charge in [0.2, 0.25) is 5.82 Å². The molecule has 4 heterocycles. The second kappa shape index (κ2) is 8.49. The molecule has 1 unspecified atom stereocenters. The van der Waals surface area contributed by atoms with Gasteiger partial charge in [-0.15, -0.1) is 0 Å². The molecule has 0 spiro atoms. The third-order valence-electron chi connectivity index (χ3n) is 8.31. The van der Waals surface area contributed by atoms with Crippen LogP contribution in [0.15, 0.2) is 23.1 Å². The van der Waals surface area contributed by atoms with Crippen LogP contribution in [0.2, 0.25) is 0 Å². The molecule has 0 amide bonds. The molecule has 0 radical (unpaired) electrons. The zero-order valence-electron chi connectivity index (χ0n) is 20.2. The smallest absolute Gasteiger partial charge is 0.308 e. The molecular weight excluding hydrogens is 449 g/mol. The molecule has 4 fully saturated rings. The zero-order chi connectivity index (χ0) is 24.3. The highest BCUT2D eigenvalue weighted by Crippen LogP contribution is 2.46. The molecule has 3 saturated carbocycles. The van der Waals surface area contributed by atoms with E-state index in [0.29, 0.717) is 5.82 Å². The van der Waals surface area contributed by atoms with Crippen LogP contribution in [-0.4, -0.2) is 64.0 Å². The number of nitrogens with zero attached hydrogens (tertiary/aromatic N) is 5. The van der Waals surface area contributed by atoms with Crippen LogP contribution in [0, 0.1) is 23.6 Å². The number of halogens is 1. The van der Waals surface area contributed by atoms with Crippen LogP contribution in [0.1, 0.15) is 51.3 Å². The maximum Gasteiger partial charge on any atom is 0.308 e. The molecule has 7 rings (SSSR count). The minimum absolute atomic E-state index is 0.101. The van der Waals surface area contributed by atoms with Crippen molar-refractivity contribution in [1.82, 2.24) is 20.2 Å². The van der Waals surface area contributed by atoms with Gasteiger partial charge in [0.25, 0.3) is 0 Å². The normalized spacial score (nSPS) is 31.5. The van der Waals surface area contributed by atoms with Gasteiger partial charge in [0.1, 0.15) is 6.17 Å². The van der Waals surface area contributed by atoms with E-state index in [2.05, 4.69) is 15.6 Å². The standard InChI is InChI=1S/C25H32FN7O2/c1-13-11-27-24-20(28-13)16(12-32(24)2)21-30-22(18(26)23(31-21)33-9-3-4-10-33)29-19-15-7-5-14(6-8-15)17(19)25(34)35/h11-12,14-15,17,19,24,27H,3-10H2,1-2H3,(H,34,35)(H,29,30,31)/t14?,15?,17-,19-,24?/m0/s1. The topological polar surface area (TPSA) is 106 Å². The van der Waals surface area contributed by atoms with E-state index in [1.807, 2.05) is 36.2 Å². The van der Waals surface area contributed by atoms with E-state index < -0.39 is 17.7 Å². The molecule has 6 aliphatic rings. The van der Waals surface area contributed by atoms with Gasteiger partial charge in [-0.25, -0.2) is 9.97 Å². The Morgan fingerprint density at radius 2 is 1.89 bits per heavy atom. The van der Waals surface area contributed by atoms with Crippen LogP contribution < -0.4 is 15.5 Å². The van der Waals surface area contributed by atoms with Crippen LogP contribution in [0.25, 0.3) is 5.57 Å². The van der Waals surface area contributed by atoms with E-state index in [4.69, 9.17) is 9.98 Å². The molecule has 186 valence electrons. The fourth-order valence-electron chi connectivity index (χ4n) is 6.56. The van der Waals surface area contributed by atoms with Crippen LogP contribution in [0.3, 0.4) is 0 Å². The molecule has 0 aromatic carbocycles. The van der Waals surface area contributed by atoms with Crippen molar-refractivity contribution in [2.24, 2.45) is 22.7 Å². The fraction of sp³-hybridized carbons (Fsp3) is 0.600. The van der Waals surface area contributed by atoms with E-state index in [1.54, 1.807) is 0 Å². The SMILES string of the molecule is CC1=CNC2C(=N1)C(c1nc(N[C@H]3C4CCC(CC4)[C@@H]3C(=O)O)c(F)c(N3CCCC3)n1)=CN2C. The number of aromatic nitrogens is 2. The van der Waals surface area contributed by atoms with Gasteiger partial charge in [0.05, 0.1) is 22.9 Å². The highest BCUT2D eigenvalue weighted by atomic mass is 19.1. The quantitative estimate of drug-likeness (QED) is 0.589. The van der Waals surface area contributed by atoms with Crippen LogP contribution in [0.4, 0.5) is 16.0 Å². The summed E-state index contributed by atoms with van der Waals surface area (Å²) in [6.07, 6.45) is 9.46. The average Bonchev–Trinajstić information content (AvgIpc) is 3.49. The average molecular weight is 482 g/mol. The van der Waals surface area contributed by atoms with Crippen molar-refractivity contribution in [3.63, 3.8) is 0 Å². The predicted octanol–water partition coefficient (Wildman–Crippen LogP) is 3.04.